The van der Waals surface area contributed by atoms with Crippen LogP contribution in [0.3, 0.4) is 0 Å². The lowest BCUT2D eigenvalue weighted by Crippen LogP contribution is -2.34. The molecule has 6 nitrogen and oxygen atoms in total. The molecule has 0 atom stereocenters. The van der Waals surface area contributed by atoms with E-state index in [0.717, 1.165) is 55.7 Å². The van der Waals surface area contributed by atoms with Crippen molar-refractivity contribution >= 4 is 46.1 Å². The van der Waals surface area contributed by atoms with Gasteiger partial charge in [-0.2, -0.15) is 5.26 Å². The van der Waals surface area contributed by atoms with E-state index in [1.54, 1.807) is 23.4 Å². The Morgan fingerprint density at radius 2 is 1.79 bits per heavy atom. The van der Waals surface area contributed by atoms with Gasteiger partial charge in [0.25, 0.3) is 11.5 Å². The van der Waals surface area contributed by atoms with Crippen molar-refractivity contribution < 1.29 is 4.79 Å². The zero-order chi connectivity index (χ0) is 23.5. The molecule has 2 aliphatic rings. The molecule has 8 heteroatoms. The molecule has 0 unspecified atom stereocenters. The van der Waals surface area contributed by atoms with Crippen LogP contribution in [-0.2, 0) is 18.4 Å². The third-order valence-corrected chi connectivity index (χ3v) is 7.58. The molecule has 2 aromatic rings. The summed E-state index contributed by atoms with van der Waals surface area (Å²) in [6.07, 6.45) is 6.23. The summed E-state index contributed by atoms with van der Waals surface area (Å²) in [4.78, 5) is 30.5. The molecule has 4 rings (SSSR count). The average Bonchev–Trinajstić information content (AvgIpc) is 2.99. The molecule has 1 aromatic carbocycles. The molecule has 0 saturated carbocycles. The van der Waals surface area contributed by atoms with E-state index in [1.165, 1.54) is 11.8 Å². The minimum Gasteiger partial charge on any atom is -0.357 e. The lowest BCUT2D eigenvalue weighted by Gasteiger charge is -2.28. The van der Waals surface area contributed by atoms with Crippen LogP contribution in [0.15, 0.2) is 40.0 Å². The Morgan fingerprint density at radius 1 is 1.12 bits per heavy atom. The maximum atomic E-state index is 13.3. The van der Waals surface area contributed by atoms with Crippen molar-refractivity contribution in [1.82, 2.24) is 9.47 Å². The molecule has 0 N–H and O–H groups in total. The van der Waals surface area contributed by atoms with Gasteiger partial charge in [0.15, 0.2) is 0 Å². The second-order valence-electron chi connectivity index (χ2n) is 8.37. The van der Waals surface area contributed by atoms with Gasteiger partial charge in [-0.05, 0) is 37.0 Å². The van der Waals surface area contributed by atoms with Crippen LogP contribution in [0.1, 0.15) is 47.9 Å². The maximum absolute atomic E-state index is 13.3. The molecule has 1 amide bonds. The molecule has 1 aromatic heterocycles. The summed E-state index contributed by atoms with van der Waals surface area (Å²) in [5.41, 5.74) is 2.17. The molecule has 0 radical (unpaired) electrons. The minimum atomic E-state index is -0.303. The van der Waals surface area contributed by atoms with Gasteiger partial charge in [0.2, 0.25) is 0 Å². The predicted octanol–water partition coefficient (Wildman–Crippen LogP) is 4.35. The number of thiocarbonyl (C=S) groups is 1. The van der Waals surface area contributed by atoms with Crippen LogP contribution >= 0.6 is 24.0 Å². The maximum Gasteiger partial charge on any atom is 0.270 e. The van der Waals surface area contributed by atoms with Crippen molar-refractivity contribution in [2.45, 2.75) is 39.2 Å². The number of anilines is 1. The van der Waals surface area contributed by atoms with Crippen LogP contribution in [0, 0.1) is 18.3 Å². The number of carbonyl (C=O) groups excluding carboxylic acids is 1. The molecule has 2 aliphatic heterocycles. The fourth-order valence-electron chi connectivity index (χ4n) is 4.41. The highest BCUT2D eigenvalue weighted by atomic mass is 32.2. The van der Waals surface area contributed by atoms with Gasteiger partial charge in [0.05, 0.1) is 11.4 Å². The number of thioether (sulfide) groups is 1. The second kappa shape index (κ2) is 9.94. The fraction of sp³-hybridized carbons (Fsp3) is 0.360. The van der Waals surface area contributed by atoms with Gasteiger partial charge in [0, 0.05) is 25.7 Å². The molecule has 2 saturated heterocycles. The van der Waals surface area contributed by atoms with E-state index >= 15 is 0 Å². The van der Waals surface area contributed by atoms with E-state index in [4.69, 9.17) is 12.2 Å². The Morgan fingerprint density at radius 3 is 2.42 bits per heavy atom. The smallest absolute Gasteiger partial charge is 0.270 e. The van der Waals surface area contributed by atoms with E-state index in [-0.39, 0.29) is 17.0 Å². The lowest BCUT2D eigenvalue weighted by molar-refractivity contribution is -0.122. The highest BCUT2D eigenvalue weighted by Gasteiger charge is 2.33. The first-order valence-corrected chi connectivity index (χ1v) is 12.3. The number of rotatable bonds is 4. The summed E-state index contributed by atoms with van der Waals surface area (Å²) in [6, 6.07) is 11.8. The van der Waals surface area contributed by atoms with Crippen molar-refractivity contribution in [3.63, 3.8) is 0 Å². The highest BCUT2D eigenvalue weighted by molar-refractivity contribution is 8.26. The van der Waals surface area contributed by atoms with Crippen molar-refractivity contribution in [2.75, 3.05) is 18.0 Å². The lowest BCUT2D eigenvalue weighted by atomic mass is 10.0. The largest absolute Gasteiger partial charge is 0.357 e. The first-order chi connectivity index (χ1) is 15.9. The SMILES string of the molecule is Cc1c(/C=C2\SC(=S)N(Cc3ccccc3)C2=O)c(N2CCCCCC2)n(C)c(=O)c1C#N. The number of nitrogens with zero attached hydrogens (tertiary/aromatic N) is 4. The van der Waals surface area contributed by atoms with Gasteiger partial charge >= 0.3 is 0 Å². The Bertz CT molecular complexity index is 1220. The fourth-order valence-corrected chi connectivity index (χ4v) is 5.65. The molecule has 0 bridgehead atoms. The van der Waals surface area contributed by atoms with E-state index in [2.05, 4.69) is 11.0 Å². The average molecular weight is 479 g/mol. The molecule has 3 heterocycles. The third-order valence-electron chi connectivity index (χ3n) is 6.21. The van der Waals surface area contributed by atoms with Gasteiger partial charge in [-0.25, -0.2) is 0 Å². The van der Waals surface area contributed by atoms with Gasteiger partial charge in [-0.1, -0.05) is 67.2 Å². The predicted molar refractivity (Wildman–Crippen MR) is 137 cm³/mol. The number of nitriles is 1. The number of carbonyl (C=O) groups is 1. The van der Waals surface area contributed by atoms with Gasteiger partial charge in [-0.15, -0.1) is 0 Å². The third kappa shape index (κ3) is 4.61. The minimum absolute atomic E-state index is 0.113. The Labute approximate surface area is 203 Å². The van der Waals surface area contributed by atoms with E-state index < -0.39 is 0 Å². The second-order valence-corrected chi connectivity index (χ2v) is 10.0. The van der Waals surface area contributed by atoms with Gasteiger partial charge in [-0.3, -0.25) is 19.1 Å². The van der Waals surface area contributed by atoms with E-state index in [1.807, 2.05) is 36.4 Å². The number of hydrogen-bond donors (Lipinski definition) is 0. The number of pyridine rings is 1. The molecule has 2 fully saturated rings. The van der Waals surface area contributed by atoms with Crippen molar-refractivity contribution in [3.8, 4) is 6.07 Å². The topological polar surface area (TPSA) is 69.3 Å². The Balaban J connectivity index is 1.79. The molecular formula is C25H26N4O2S2. The molecule has 170 valence electrons. The summed E-state index contributed by atoms with van der Waals surface area (Å²) in [6.45, 7) is 3.89. The van der Waals surface area contributed by atoms with Crippen LogP contribution in [-0.4, -0.2) is 32.8 Å². The normalized spacial score (nSPS) is 18.0. The summed E-state index contributed by atoms with van der Waals surface area (Å²) in [7, 11) is 1.71. The zero-order valence-corrected chi connectivity index (χ0v) is 20.5. The van der Waals surface area contributed by atoms with Crippen LogP contribution in [0.2, 0.25) is 0 Å². The number of amides is 1. The quantitative estimate of drug-likeness (QED) is 0.481. The monoisotopic (exact) mass is 478 g/mol. The van der Waals surface area contributed by atoms with Crippen LogP contribution in [0.5, 0.6) is 0 Å². The summed E-state index contributed by atoms with van der Waals surface area (Å²) in [5, 5.41) is 9.66. The van der Waals surface area contributed by atoms with Crippen LogP contribution in [0.4, 0.5) is 5.82 Å². The standard InChI is InChI=1S/C25H26N4O2S2/c1-17-19(14-21-24(31)29(25(32)33-21)16-18-10-6-5-7-11-18)22(27(2)23(30)20(17)15-26)28-12-8-3-4-9-13-28/h5-7,10-11,14H,3-4,8-9,12-13,16H2,1-2H3/b21-14-. The first-order valence-electron chi connectivity index (χ1n) is 11.1. The van der Waals surface area contributed by atoms with Gasteiger partial charge in [0.1, 0.15) is 21.8 Å². The van der Waals surface area contributed by atoms with Crippen molar-refractivity contribution in [1.29, 1.82) is 5.26 Å². The highest BCUT2D eigenvalue weighted by Crippen LogP contribution is 2.36. The first kappa shape index (κ1) is 23.3. The number of benzene rings is 1. The van der Waals surface area contributed by atoms with E-state index in [9.17, 15) is 14.9 Å². The van der Waals surface area contributed by atoms with Crippen molar-refractivity contribution in [3.05, 3.63) is 67.8 Å². The van der Waals surface area contributed by atoms with Crippen LogP contribution < -0.4 is 10.5 Å². The molecule has 0 aliphatic carbocycles. The Kier molecular flexibility index (Phi) is 7.01. The summed E-state index contributed by atoms with van der Waals surface area (Å²) < 4.78 is 2.07. The number of aromatic nitrogens is 1. The molecular weight excluding hydrogens is 452 g/mol. The Hall–Kier alpha value is -2.89. The number of hydrogen-bond acceptors (Lipinski definition) is 6. The van der Waals surface area contributed by atoms with E-state index in [0.29, 0.717) is 21.3 Å². The summed E-state index contributed by atoms with van der Waals surface area (Å²) in [5.74, 6) is 0.620. The van der Waals surface area contributed by atoms with Crippen molar-refractivity contribution in [2.24, 2.45) is 7.05 Å². The summed E-state index contributed by atoms with van der Waals surface area (Å²) >= 11 is 6.79. The molecule has 33 heavy (non-hydrogen) atoms. The molecule has 0 spiro atoms. The zero-order valence-electron chi connectivity index (χ0n) is 18.8. The van der Waals surface area contributed by atoms with Gasteiger partial charge < -0.3 is 4.90 Å². The van der Waals surface area contributed by atoms with Crippen LogP contribution in [0.25, 0.3) is 6.08 Å².